The van der Waals surface area contributed by atoms with Crippen molar-refractivity contribution in [1.82, 2.24) is 10.2 Å². The Labute approximate surface area is 254 Å². The Kier molecular flexibility index (Phi) is 10.3. The highest BCUT2D eigenvalue weighted by Gasteiger charge is 2.55. The molecular formula is C28H26N4O11S. The first-order chi connectivity index (χ1) is 21.1. The van der Waals surface area contributed by atoms with E-state index in [1.54, 1.807) is 0 Å². The van der Waals surface area contributed by atoms with Crippen molar-refractivity contribution in [2.45, 2.75) is 32.1 Å². The zero-order valence-electron chi connectivity index (χ0n) is 23.2. The number of amides is 2. The molecule has 2 heterocycles. The smallest absolute Gasteiger partial charge is 0.456 e. The van der Waals surface area contributed by atoms with Gasteiger partial charge in [-0.25, -0.2) is 9.59 Å². The molecule has 2 unspecified atom stereocenters. The normalized spacial score (nSPS) is 17.1. The number of carbonyl (C=O) groups excluding carboxylic acids is 4. The monoisotopic (exact) mass is 626 g/mol. The summed E-state index contributed by atoms with van der Waals surface area (Å²) in [6.45, 7) is -0.466. The van der Waals surface area contributed by atoms with Crippen molar-refractivity contribution in [2.75, 3.05) is 13.7 Å². The van der Waals surface area contributed by atoms with Crippen molar-refractivity contribution in [3.05, 3.63) is 102 Å². The summed E-state index contributed by atoms with van der Waals surface area (Å²) < 4.78 is 15.5. The first-order valence-corrected chi connectivity index (χ1v) is 14.0. The van der Waals surface area contributed by atoms with Gasteiger partial charge in [-0.3, -0.25) is 29.8 Å². The highest BCUT2D eigenvalue weighted by atomic mass is 32.2. The summed E-state index contributed by atoms with van der Waals surface area (Å²) in [6, 6.07) is 10.6. The number of esters is 1. The molecule has 1 fully saturated rings. The van der Waals surface area contributed by atoms with Crippen LogP contribution in [0.4, 0.5) is 16.2 Å². The predicted molar refractivity (Wildman–Crippen MR) is 153 cm³/mol. The minimum absolute atomic E-state index is 0.0492. The summed E-state index contributed by atoms with van der Waals surface area (Å²) in [5, 5.41) is 25.6. The van der Waals surface area contributed by atoms with Crippen molar-refractivity contribution in [3.8, 4) is 0 Å². The van der Waals surface area contributed by atoms with Crippen molar-refractivity contribution in [3.63, 3.8) is 0 Å². The van der Waals surface area contributed by atoms with Crippen molar-refractivity contribution >= 4 is 47.1 Å². The molecule has 0 saturated carbocycles. The quantitative estimate of drug-likeness (QED) is 0.111. The number of nitro benzene ring substituents is 2. The van der Waals surface area contributed by atoms with Gasteiger partial charge < -0.3 is 24.4 Å². The molecule has 2 aromatic carbocycles. The molecule has 2 aliphatic rings. The van der Waals surface area contributed by atoms with Gasteiger partial charge in [-0.15, -0.1) is 0 Å². The molecule has 2 amide bonds. The Bertz CT molecular complexity index is 1520. The van der Waals surface area contributed by atoms with E-state index < -0.39 is 27.9 Å². The molecule has 0 spiro atoms. The van der Waals surface area contributed by atoms with Crippen LogP contribution < -0.4 is 5.32 Å². The van der Waals surface area contributed by atoms with Gasteiger partial charge in [-0.1, -0.05) is 11.8 Å². The number of hydrogen-bond acceptors (Lipinski definition) is 12. The summed E-state index contributed by atoms with van der Waals surface area (Å²) in [6.07, 6.45) is 0.792. The van der Waals surface area contributed by atoms with Crippen LogP contribution in [0.2, 0.25) is 0 Å². The van der Waals surface area contributed by atoms with Crippen LogP contribution in [-0.4, -0.2) is 58.4 Å². The van der Waals surface area contributed by atoms with Crippen LogP contribution >= 0.6 is 11.8 Å². The van der Waals surface area contributed by atoms with Crippen molar-refractivity contribution < 1.29 is 43.2 Å². The summed E-state index contributed by atoms with van der Waals surface area (Å²) in [7, 11) is 1.47. The lowest BCUT2D eigenvalue weighted by Gasteiger charge is -2.43. The Morgan fingerprint density at radius 2 is 1.52 bits per heavy atom. The molecule has 0 aliphatic carbocycles. The molecule has 2 aromatic rings. The second-order valence-electron chi connectivity index (χ2n) is 9.49. The van der Waals surface area contributed by atoms with Gasteiger partial charge in [-0.05, 0) is 47.2 Å². The molecule has 2 atom stereocenters. The highest BCUT2D eigenvalue weighted by molar-refractivity contribution is 8.05. The number of β-lactam (4-membered cyclic amide) rings is 1. The van der Waals surface area contributed by atoms with Gasteiger partial charge in [0, 0.05) is 48.7 Å². The van der Waals surface area contributed by atoms with E-state index in [2.05, 4.69) is 5.32 Å². The largest absolute Gasteiger partial charge is 0.508 e. The number of thioether (sulfide) groups is 1. The number of ether oxygens (including phenoxy) is 3. The summed E-state index contributed by atoms with van der Waals surface area (Å²) >= 11 is 1.10. The van der Waals surface area contributed by atoms with E-state index in [1.165, 1.54) is 72.0 Å². The molecule has 230 valence electrons. The number of nitrogens with zero attached hydrogens (tertiary/aromatic N) is 3. The van der Waals surface area contributed by atoms with Gasteiger partial charge in [0.2, 0.25) is 11.8 Å². The minimum Gasteiger partial charge on any atom is -0.456 e. The fourth-order valence-corrected chi connectivity index (χ4v) is 5.44. The minimum atomic E-state index is -0.970. The van der Waals surface area contributed by atoms with Gasteiger partial charge in [-0.2, -0.15) is 0 Å². The number of hydrogen-bond donors (Lipinski definition) is 1. The number of nitro groups is 2. The zero-order chi connectivity index (χ0) is 31.8. The number of fused-ring (bicyclic) bond motifs is 1. The first-order valence-electron chi connectivity index (χ1n) is 13.1. The van der Waals surface area contributed by atoms with Crippen LogP contribution in [0.5, 0.6) is 0 Å². The second kappa shape index (κ2) is 14.3. The lowest BCUT2D eigenvalue weighted by molar-refractivity contribution is -0.385. The van der Waals surface area contributed by atoms with Gasteiger partial charge in [0.05, 0.1) is 28.4 Å². The molecule has 0 radical (unpaired) electrons. The third kappa shape index (κ3) is 7.57. The average molecular weight is 627 g/mol. The topological polar surface area (TPSA) is 198 Å². The van der Waals surface area contributed by atoms with E-state index in [9.17, 15) is 39.4 Å². The Balaban J connectivity index is 1.32. The molecule has 0 bridgehead atoms. The number of non-ortho nitro benzene ring substituents is 2. The van der Waals surface area contributed by atoms with E-state index in [0.717, 1.165) is 11.8 Å². The number of rotatable bonds is 13. The summed E-state index contributed by atoms with van der Waals surface area (Å²) in [5.74, 6) is -2.02. The lowest BCUT2D eigenvalue weighted by Crippen LogP contribution is -2.58. The maximum atomic E-state index is 13.1. The average Bonchev–Trinajstić information content (AvgIpc) is 3.36. The number of likely N-dealkylation sites (N-methyl/N-ethyl adjacent to an activating group) is 1. The van der Waals surface area contributed by atoms with Crippen LogP contribution in [0.15, 0.2) is 70.6 Å². The molecule has 1 saturated heterocycles. The molecule has 1 N–H and O–H groups in total. The molecule has 15 nitrogen and oxygen atoms in total. The SMILES string of the molecule is CNC(=O)C=CSC1=C(C(=O)OCc2ccc([N+](=O)[O-])cc2)N2C(=O)C(CCOC(=O)OCc3ccc([N+](=O)[O-])cc3)C2C1. The maximum absolute atomic E-state index is 13.1. The Hall–Kier alpha value is -5.25. The van der Waals surface area contributed by atoms with Crippen molar-refractivity contribution in [2.24, 2.45) is 5.92 Å². The predicted octanol–water partition coefficient (Wildman–Crippen LogP) is 3.72. The van der Waals surface area contributed by atoms with Gasteiger partial charge in [0.25, 0.3) is 11.4 Å². The van der Waals surface area contributed by atoms with E-state index in [4.69, 9.17) is 14.2 Å². The zero-order valence-corrected chi connectivity index (χ0v) is 24.0. The number of nitrogens with one attached hydrogen (secondary N) is 1. The van der Waals surface area contributed by atoms with Crippen molar-refractivity contribution in [1.29, 1.82) is 0 Å². The molecule has 2 aliphatic heterocycles. The van der Waals surface area contributed by atoms with E-state index >= 15 is 0 Å². The third-order valence-corrected chi connectivity index (χ3v) is 7.71. The molecule has 4 rings (SSSR count). The van der Waals surface area contributed by atoms with Gasteiger partial charge in [0.1, 0.15) is 18.9 Å². The number of carbonyl (C=O) groups is 4. The van der Waals surface area contributed by atoms with Crippen LogP contribution in [-0.2, 0) is 41.8 Å². The first kappa shape index (κ1) is 31.7. The summed E-state index contributed by atoms with van der Waals surface area (Å²) in [5.41, 5.74) is 0.883. The standard InChI is InChI=1S/C28H26N4O11S/c1-29-24(33)11-13-44-23-14-22-21(10-12-41-28(36)43-16-18-4-8-20(9-5-18)32(39)40)26(34)30(22)25(23)27(35)42-15-17-2-6-19(7-3-17)31(37)38/h2-9,11,13,21-22H,10,12,14-16H2,1H3,(H,29,33). The van der Waals surface area contributed by atoms with Gasteiger partial charge in [0.15, 0.2) is 0 Å². The van der Waals surface area contributed by atoms with E-state index in [0.29, 0.717) is 22.5 Å². The highest BCUT2D eigenvalue weighted by Crippen LogP contribution is 2.47. The van der Waals surface area contributed by atoms with E-state index in [1.807, 2.05) is 0 Å². The summed E-state index contributed by atoms with van der Waals surface area (Å²) in [4.78, 5) is 72.2. The number of benzene rings is 2. The van der Waals surface area contributed by atoms with Crippen LogP contribution in [0.3, 0.4) is 0 Å². The third-order valence-electron chi connectivity index (χ3n) is 6.79. The Morgan fingerprint density at radius 1 is 0.955 bits per heavy atom. The molecule has 44 heavy (non-hydrogen) atoms. The lowest BCUT2D eigenvalue weighted by atomic mass is 9.85. The second-order valence-corrected chi connectivity index (χ2v) is 10.5. The fourth-order valence-electron chi connectivity index (χ4n) is 4.53. The fraction of sp³-hybridized carbons (Fsp3) is 0.286. The maximum Gasteiger partial charge on any atom is 0.508 e. The van der Waals surface area contributed by atoms with Crippen LogP contribution in [0.25, 0.3) is 0 Å². The van der Waals surface area contributed by atoms with Gasteiger partial charge >= 0.3 is 12.1 Å². The molecule has 0 aromatic heterocycles. The molecule has 16 heteroatoms. The van der Waals surface area contributed by atoms with E-state index in [-0.39, 0.29) is 61.2 Å². The molecular weight excluding hydrogens is 600 g/mol. The van der Waals surface area contributed by atoms with Crippen LogP contribution in [0, 0.1) is 26.1 Å². The Morgan fingerprint density at radius 3 is 2.07 bits per heavy atom. The van der Waals surface area contributed by atoms with Crippen LogP contribution in [0.1, 0.15) is 24.0 Å².